The Labute approximate surface area is 133 Å². The van der Waals surface area contributed by atoms with Crippen molar-refractivity contribution in [2.45, 2.75) is 6.92 Å². The quantitative estimate of drug-likeness (QED) is 0.654. The minimum Gasteiger partial charge on any atom is -0.306 e. The van der Waals surface area contributed by atoms with E-state index in [0.717, 1.165) is 16.1 Å². The molecule has 1 aromatic carbocycles. The van der Waals surface area contributed by atoms with Gasteiger partial charge >= 0.3 is 0 Å². The molecule has 6 nitrogen and oxygen atoms in total. The molecule has 0 fully saturated rings. The molecule has 0 radical (unpaired) electrons. The number of pyridine rings is 1. The number of non-ortho nitro benzene ring substituents is 1. The van der Waals surface area contributed by atoms with E-state index in [2.05, 4.69) is 26.2 Å². The van der Waals surface area contributed by atoms with Crippen molar-refractivity contribution in [2.75, 3.05) is 5.32 Å². The lowest BCUT2D eigenvalue weighted by molar-refractivity contribution is -0.384. The highest BCUT2D eigenvalue weighted by Crippen LogP contribution is 2.22. The van der Waals surface area contributed by atoms with Crippen LogP contribution in [0, 0.1) is 17.0 Å². The third-order valence-electron chi connectivity index (χ3n) is 2.63. The molecule has 0 atom stereocenters. The molecule has 0 saturated carbocycles. The number of hydrogen-bond acceptors (Lipinski definition) is 4. The first kappa shape index (κ1) is 15.4. The number of anilines is 1. The summed E-state index contributed by atoms with van der Waals surface area (Å²) in [5.74, 6) is -0.135. The summed E-state index contributed by atoms with van der Waals surface area (Å²) in [6.45, 7) is 1.79. The number of carbonyl (C=O) groups excluding carboxylic acids is 1. The average molecular weight is 371 g/mol. The van der Waals surface area contributed by atoms with E-state index >= 15 is 0 Å². The molecule has 0 unspecified atom stereocenters. The molecular formula is C13H9BrClN3O3. The number of hydrogen-bond donors (Lipinski definition) is 1. The van der Waals surface area contributed by atoms with E-state index in [1.807, 2.05) is 0 Å². The predicted octanol–water partition coefficient (Wildman–Crippen LogP) is 3.97. The van der Waals surface area contributed by atoms with Crippen LogP contribution in [0.1, 0.15) is 15.9 Å². The number of nitro benzene ring substituents is 1. The van der Waals surface area contributed by atoms with E-state index < -0.39 is 10.8 Å². The smallest absolute Gasteiger partial charge is 0.271 e. The highest BCUT2D eigenvalue weighted by Gasteiger charge is 2.15. The largest absolute Gasteiger partial charge is 0.306 e. The Morgan fingerprint density at radius 1 is 1.38 bits per heavy atom. The van der Waals surface area contributed by atoms with Crippen LogP contribution in [0.25, 0.3) is 0 Å². The molecule has 0 saturated heterocycles. The minimum absolute atomic E-state index is 0.0957. The van der Waals surface area contributed by atoms with Crippen LogP contribution < -0.4 is 5.32 Å². The van der Waals surface area contributed by atoms with Gasteiger partial charge in [-0.15, -0.1) is 0 Å². The van der Waals surface area contributed by atoms with Crippen molar-refractivity contribution in [1.82, 2.24) is 4.98 Å². The van der Waals surface area contributed by atoms with Crippen molar-refractivity contribution in [3.63, 3.8) is 0 Å². The second-order valence-corrected chi connectivity index (χ2v) is 5.58. The van der Waals surface area contributed by atoms with Crippen molar-refractivity contribution in [3.05, 3.63) is 61.2 Å². The maximum absolute atomic E-state index is 12.1. The van der Waals surface area contributed by atoms with Gasteiger partial charge in [0.2, 0.25) is 0 Å². The number of benzene rings is 1. The third kappa shape index (κ3) is 3.77. The first-order valence-electron chi connectivity index (χ1n) is 5.75. The summed E-state index contributed by atoms with van der Waals surface area (Å²) in [4.78, 5) is 26.4. The molecule has 0 aliphatic rings. The Balaban J connectivity index is 2.30. The predicted molar refractivity (Wildman–Crippen MR) is 82.7 cm³/mol. The van der Waals surface area contributed by atoms with Gasteiger partial charge in [-0.25, -0.2) is 4.98 Å². The van der Waals surface area contributed by atoms with Gasteiger partial charge in [0.25, 0.3) is 11.6 Å². The summed E-state index contributed by atoms with van der Waals surface area (Å²) in [7, 11) is 0. The minimum atomic E-state index is -0.605. The second-order valence-electron chi connectivity index (χ2n) is 4.23. The zero-order chi connectivity index (χ0) is 15.6. The van der Waals surface area contributed by atoms with E-state index in [0.29, 0.717) is 5.82 Å². The first-order valence-corrected chi connectivity index (χ1v) is 6.92. The second kappa shape index (κ2) is 6.19. The number of nitrogens with one attached hydrogen (secondary N) is 1. The summed E-state index contributed by atoms with van der Waals surface area (Å²) >= 11 is 9.06. The SMILES string of the molecule is Cc1cc(Br)cnc1NC(=O)c1cc(Cl)cc([N+](=O)[O-])c1. The van der Waals surface area contributed by atoms with Gasteiger partial charge in [0.15, 0.2) is 0 Å². The molecule has 21 heavy (non-hydrogen) atoms. The van der Waals surface area contributed by atoms with E-state index in [4.69, 9.17) is 11.6 Å². The normalized spacial score (nSPS) is 10.2. The molecule has 1 heterocycles. The summed E-state index contributed by atoms with van der Waals surface area (Å²) in [6.07, 6.45) is 1.54. The lowest BCUT2D eigenvalue weighted by Gasteiger charge is -2.08. The van der Waals surface area contributed by atoms with Crippen LogP contribution in [0.15, 0.2) is 34.9 Å². The highest BCUT2D eigenvalue weighted by molar-refractivity contribution is 9.10. The van der Waals surface area contributed by atoms with Crippen LogP contribution in [-0.4, -0.2) is 15.8 Å². The summed E-state index contributed by atoms with van der Waals surface area (Å²) in [5, 5.41) is 13.5. The van der Waals surface area contributed by atoms with E-state index in [1.54, 1.807) is 19.2 Å². The van der Waals surface area contributed by atoms with Gasteiger partial charge in [0.05, 0.1) is 4.92 Å². The Bertz CT molecular complexity index is 737. The third-order valence-corrected chi connectivity index (χ3v) is 3.28. The maximum Gasteiger partial charge on any atom is 0.271 e. The monoisotopic (exact) mass is 369 g/mol. The molecule has 1 aromatic heterocycles. The van der Waals surface area contributed by atoms with Crippen LogP contribution in [0.4, 0.5) is 11.5 Å². The molecular weight excluding hydrogens is 362 g/mol. The molecule has 0 aliphatic carbocycles. The molecule has 0 bridgehead atoms. The molecule has 1 N–H and O–H groups in total. The Morgan fingerprint density at radius 3 is 2.71 bits per heavy atom. The Hall–Kier alpha value is -1.99. The fourth-order valence-electron chi connectivity index (χ4n) is 1.66. The fourth-order valence-corrected chi connectivity index (χ4v) is 2.34. The van der Waals surface area contributed by atoms with Gasteiger partial charge in [-0.1, -0.05) is 11.6 Å². The summed E-state index contributed by atoms with van der Waals surface area (Å²) in [5.41, 5.74) is 0.612. The van der Waals surface area contributed by atoms with E-state index in [1.165, 1.54) is 12.1 Å². The van der Waals surface area contributed by atoms with Crippen LogP contribution in [0.3, 0.4) is 0 Å². The van der Waals surface area contributed by atoms with Crippen LogP contribution in [-0.2, 0) is 0 Å². The van der Waals surface area contributed by atoms with Gasteiger partial charge in [0, 0.05) is 33.4 Å². The van der Waals surface area contributed by atoms with Crippen molar-refractivity contribution in [2.24, 2.45) is 0 Å². The Kier molecular flexibility index (Phi) is 4.54. The number of aromatic nitrogens is 1. The number of rotatable bonds is 3. The van der Waals surface area contributed by atoms with Crippen LogP contribution in [0.5, 0.6) is 0 Å². The molecule has 8 heteroatoms. The van der Waals surface area contributed by atoms with E-state index in [-0.39, 0.29) is 16.3 Å². The number of aryl methyl sites for hydroxylation is 1. The first-order chi connectivity index (χ1) is 9.86. The maximum atomic E-state index is 12.1. The van der Waals surface area contributed by atoms with Crippen molar-refractivity contribution >= 4 is 44.9 Å². The number of nitrogens with zero attached hydrogens (tertiary/aromatic N) is 2. The number of nitro groups is 1. The van der Waals surface area contributed by atoms with Crippen molar-refractivity contribution in [3.8, 4) is 0 Å². The average Bonchev–Trinajstić information content (AvgIpc) is 2.41. The van der Waals surface area contributed by atoms with Crippen LogP contribution >= 0.6 is 27.5 Å². The number of amides is 1. The summed E-state index contributed by atoms with van der Waals surface area (Å²) < 4.78 is 0.788. The molecule has 0 spiro atoms. The molecule has 2 aromatic rings. The lowest BCUT2D eigenvalue weighted by Crippen LogP contribution is -2.14. The van der Waals surface area contributed by atoms with Gasteiger partial charge in [-0.05, 0) is 40.5 Å². The fraction of sp³-hybridized carbons (Fsp3) is 0.0769. The zero-order valence-corrected chi connectivity index (χ0v) is 13.1. The number of carbonyl (C=O) groups is 1. The molecule has 0 aliphatic heterocycles. The van der Waals surface area contributed by atoms with Gasteiger partial charge in [0.1, 0.15) is 5.82 Å². The number of halogens is 2. The Morgan fingerprint density at radius 2 is 2.10 bits per heavy atom. The van der Waals surface area contributed by atoms with Gasteiger partial charge in [-0.2, -0.15) is 0 Å². The lowest BCUT2D eigenvalue weighted by atomic mass is 10.2. The van der Waals surface area contributed by atoms with Gasteiger partial charge in [-0.3, -0.25) is 14.9 Å². The molecule has 108 valence electrons. The topological polar surface area (TPSA) is 85.1 Å². The van der Waals surface area contributed by atoms with Crippen molar-refractivity contribution < 1.29 is 9.72 Å². The highest BCUT2D eigenvalue weighted by atomic mass is 79.9. The molecule has 2 rings (SSSR count). The zero-order valence-electron chi connectivity index (χ0n) is 10.8. The van der Waals surface area contributed by atoms with E-state index in [9.17, 15) is 14.9 Å². The van der Waals surface area contributed by atoms with Crippen LogP contribution in [0.2, 0.25) is 5.02 Å². The van der Waals surface area contributed by atoms with Crippen molar-refractivity contribution in [1.29, 1.82) is 0 Å². The standard InChI is InChI=1S/C13H9BrClN3O3/c1-7-2-9(14)6-16-12(7)17-13(19)8-3-10(15)5-11(4-8)18(20)21/h2-6H,1H3,(H,16,17,19). The summed E-state index contributed by atoms with van der Waals surface area (Å²) in [6, 6.07) is 5.50. The molecule has 1 amide bonds. The van der Waals surface area contributed by atoms with Gasteiger partial charge < -0.3 is 5.32 Å².